The summed E-state index contributed by atoms with van der Waals surface area (Å²) in [5, 5.41) is 1.66. The van der Waals surface area contributed by atoms with Crippen LogP contribution in [0.5, 0.6) is 0 Å². The Bertz CT molecular complexity index is 523. The summed E-state index contributed by atoms with van der Waals surface area (Å²) in [6.07, 6.45) is 4.34. The largest absolute Gasteiger partial charge is 0.398 e. The van der Waals surface area contributed by atoms with Gasteiger partial charge >= 0.3 is 0 Å². The highest BCUT2D eigenvalue weighted by Gasteiger charge is 2.31. The van der Waals surface area contributed by atoms with Crippen molar-refractivity contribution in [2.45, 2.75) is 49.8 Å². The second kappa shape index (κ2) is 5.81. The fourth-order valence-electron chi connectivity index (χ4n) is 2.83. The van der Waals surface area contributed by atoms with E-state index >= 15 is 0 Å². The molecule has 108 valence electrons. The molecule has 2 rings (SSSR count). The Kier molecular flexibility index (Phi) is 4.53. The number of thiophene rings is 1. The predicted molar refractivity (Wildman–Crippen MR) is 79.6 cm³/mol. The van der Waals surface area contributed by atoms with E-state index < -0.39 is 10.0 Å². The predicted octanol–water partition coefficient (Wildman–Crippen LogP) is 2.82. The first kappa shape index (κ1) is 14.8. The van der Waals surface area contributed by atoms with Gasteiger partial charge in [0.25, 0.3) is 0 Å². The average molecular weight is 302 g/mol. The van der Waals surface area contributed by atoms with Gasteiger partial charge in [0, 0.05) is 17.1 Å². The maximum atomic E-state index is 12.3. The molecule has 19 heavy (non-hydrogen) atoms. The van der Waals surface area contributed by atoms with Crippen molar-refractivity contribution in [2.75, 3.05) is 5.73 Å². The Morgan fingerprint density at radius 1 is 1.37 bits per heavy atom. The summed E-state index contributed by atoms with van der Waals surface area (Å²) in [4.78, 5) is 0. The molecule has 0 amide bonds. The molecule has 1 aromatic heterocycles. The third-order valence-corrected chi connectivity index (χ3v) is 6.79. The summed E-state index contributed by atoms with van der Waals surface area (Å²) in [5.41, 5.74) is 6.11. The molecule has 0 aromatic carbocycles. The number of rotatable bonds is 4. The Morgan fingerprint density at radius 2 is 2.05 bits per heavy atom. The lowest BCUT2D eigenvalue weighted by Crippen LogP contribution is -2.43. The highest BCUT2D eigenvalue weighted by molar-refractivity contribution is 7.91. The SMILES string of the molecule is CC(C)C1CCCCC1NS(=O)(=O)c1cc(N)cs1. The molecule has 1 aromatic rings. The van der Waals surface area contributed by atoms with Gasteiger partial charge in [-0.1, -0.05) is 26.7 Å². The van der Waals surface area contributed by atoms with Crippen LogP contribution >= 0.6 is 11.3 Å². The molecule has 0 bridgehead atoms. The molecule has 6 heteroatoms. The van der Waals surface area contributed by atoms with Gasteiger partial charge < -0.3 is 5.73 Å². The van der Waals surface area contributed by atoms with Gasteiger partial charge in [0.15, 0.2) is 0 Å². The van der Waals surface area contributed by atoms with Crippen LogP contribution in [0.3, 0.4) is 0 Å². The van der Waals surface area contributed by atoms with E-state index in [0.29, 0.717) is 21.7 Å². The molecule has 0 saturated heterocycles. The topological polar surface area (TPSA) is 72.2 Å². The molecule has 3 N–H and O–H groups in total. The van der Waals surface area contributed by atoms with Gasteiger partial charge in [0.1, 0.15) is 4.21 Å². The van der Waals surface area contributed by atoms with Crippen molar-refractivity contribution in [3.05, 3.63) is 11.4 Å². The van der Waals surface area contributed by atoms with Gasteiger partial charge in [-0.3, -0.25) is 0 Å². The summed E-state index contributed by atoms with van der Waals surface area (Å²) in [7, 11) is -3.42. The number of hydrogen-bond donors (Lipinski definition) is 2. The van der Waals surface area contributed by atoms with Crippen molar-refractivity contribution >= 4 is 27.0 Å². The quantitative estimate of drug-likeness (QED) is 0.898. The van der Waals surface area contributed by atoms with Gasteiger partial charge in [0.05, 0.1) is 0 Å². The maximum Gasteiger partial charge on any atom is 0.250 e. The van der Waals surface area contributed by atoms with Crippen molar-refractivity contribution in [1.82, 2.24) is 4.72 Å². The van der Waals surface area contributed by atoms with Gasteiger partial charge in [-0.2, -0.15) is 0 Å². The maximum absolute atomic E-state index is 12.3. The lowest BCUT2D eigenvalue weighted by molar-refractivity contribution is 0.226. The van der Waals surface area contributed by atoms with Gasteiger partial charge in [-0.05, 0) is 30.7 Å². The molecular weight excluding hydrogens is 280 g/mol. The first-order chi connectivity index (χ1) is 8.90. The summed E-state index contributed by atoms with van der Waals surface area (Å²) in [5.74, 6) is 0.933. The summed E-state index contributed by atoms with van der Waals surface area (Å²) < 4.78 is 27.9. The zero-order valence-corrected chi connectivity index (χ0v) is 13.1. The van der Waals surface area contributed by atoms with Crippen LogP contribution in [0.25, 0.3) is 0 Å². The number of nitrogens with two attached hydrogens (primary N) is 1. The highest BCUT2D eigenvalue weighted by Crippen LogP contribution is 2.32. The van der Waals surface area contributed by atoms with Crippen molar-refractivity contribution in [1.29, 1.82) is 0 Å². The molecule has 1 aliphatic carbocycles. The van der Waals surface area contributed by atoms with E-state index in [2.05, 4.69) is 18.6 Å². The van der Waals surface area contributed by atoms with Gasteiger partial charge in [-0.25, -0.2) is 13.1 Å². The van der Waals surface area contributed by atoms with Crippen molar-refractivity contribution in [2.24, 2.45) is 11.8 Å². The first-order valence-electron chi connectivity index (χ1n) is 6.76. The molecule has 4 nitrogen and oxygen atoms in total. The normalized spacial score (nSPS) is 24.8. The number of hydrogen-bond acceptors (Lipinski definition) is 4. The molecule has 0 radical (unpaired) electrons. The fraction of sp³-hybridized carbons (Fsp3) is 0.692. The number of nitrogen functional groups attached to an aromatic ring is 1. The Hall–Kier alpha value is -0.590. The van der Waals surface area contributed by atoms with Crippen LogP contribution in [0.4, 0.5) is 5.69 Å². The lowest BCUT2D eigenvalue weighted by atomic mass is 9.78. The van der Waals surface area contributed by atoms with E-state index in [9.17, 15) is 8.42 Å². The monoisotopic (exact) mass is 302 g/mol. The van der Waals surface area contributed by atoms with Crippen LogP contribution in [0.15, 0.2) is 15.7 Å². The third kappa shape index (κ3) is 3.49. The smallest absolute Gasteiger partial charge is 0.250 e. The van der Waals surface area contributed by atoms with E-state index in [0.717, 1.165) is 19.3 Å². The van der Waals surface area contributed by atoms with Gasteiger partial charge in [-0.15, -0.1) is 11.3 Å². The average Bonchev–Trinajstić information content (AvgIpc) is 2.76. The zero-order valence-electron chi connectivity index (χ0n) is 11.4. The second-order valence-electron chi connectivity index (χ2n) is 5.62. The van der Waals surface area contributed by atoms with Crippen LogP contribution in [0, 0.1) is 11.8 Å². The molecular formula is C13H22N2O2S2. The van der Waals surface area contributed by atoms with Crippen LogP contribution in [-0.4, -0.2) is 14.5 Å². The van der Waals surface area contributed by atoms with E-state index in [-0.39, 0.29) is 6.04 Å². The molecule has 1 heterocycles. The molecule has 0 spiro atoms. The van der Waals surface area contributed by atoms with Crippen molar-refractivity contribution in [3.63, 3.8) is 0 Å². The summed E-state index contributed by atoms with van der Waals surface area (Å²) >= 11 is 1.18. The number of nitrogens with one attached hydrogen (secondary N) is 1. The van der Waals surface area contributed by atoms with Crippen LogP contribution in [0.2, 0.25) is 0 Å². The van der Waals surface area contributed by atoms with Crippen LogP contribution < -0.4 is 10.5 Å². The molecule has 0 aliphatic heterocycles. The Morgan fingerprint density at radius 3 is 2.63 bits per heavy atom. The minimum atomic E-state index is -3.42. The lowest BCUT2D eigenvalue weighted by Gasteiger charge is -2.34. The van der Waals surface area contributed by atoms with Crippen LogP contribution in [-0.2, 0) is 10.0 Å². The standard InChI is InChI=1S/C13H22N2O2S2/c1-9(2)11-5-3-4-6-12(11)15-19(16,17)13-7-10(14)8-18-13/h7-9,11-12,15H,3-6,14H2,1-2H3. The van der Waals surface area contributed by atoms with E-state index in [1.165, 1.54) is 23.8 Å². The summed E-state index contributed by atoms with van der Waals surface area (Å²) in [6.45, 7) is 4.33. The van der Waals surface area contributed by atoms with Crippen molar-refractivity contribution in [3.8, 4) is 0 Å². The summed E-state index contributed by atoms with van der Waals surface area (Å²) in [6, 6.07) is 1.59. The van der Waals surface area contributed by atoms with Crippen LogP contribution in [0.1, 0.15) is 39.5 Å². The van der Waals surface area contributed by atoms with E-state index in [4.69, 9.17) is 5.73 Å². The number of anilines is 1. The molecule has 1 fully saturated rings. The Labute approximate surface area is 119 Å². The molecule has 1 saturated carbocycles. The van der Waals surface area contributed by atoms with E-state index in [1.54, 1.807) is 5.38 Å². The highest BCUT2D eigenvalue weighted by atomic mass is 32.2. The third-order valence-electron chi connectivity index (χ3n) is 3.84. The minimum absolute atomic E-state index is 0.0575. The van der Waals surface area contributed by atoms with E-state index in [1.807, 2.05) is 0 Å². The minimum Gasteiger partial charge on any atom is -0.398 e. The molecule has 2 unspecified atom stereocenters. The second-order valence-corrected chi connectivity index (χ2v) is 8.47. The van der Waals surface area contributed by atoms with Gasteiger partial charge in [0.2, 0.25) is 10.0 Å². The fourth-order valence-corrected chi connectivity index (χ4v) is 5.25. The molecule has 1 aliphatic rings. The first-order valence-corrected chi connectivity index (χ1v) is 9.13. The van der Waals surface area contributed by atoms with Crippen molar-refractivity contribution < 1.29 is 8.42 Å². The zero-order chi connectivity index (χ0) is 14.0. The Balaban J connectivity index is 2.14. The number of sulfonamides is 1. The molecule has 2 atom stereocenters.